The second-order valence-electron chi connectivity index (χ2n) is 4.76. The second kappa shape index (κ2) is 6.25. The third-order valence-electron chi connectivity index (χ3n) is 3.07. The molecule has 0 aromatic heterocycles. The van der Waals surface area contributed by atoms with Crippen molar-refractivity contribution >= 4 is 21.7 Å². The van der Waals surface area contributed by atoms with Crippen LogP contribution in [-0.4, -0.2) is 26.6 Å². The summed E-state index contributed by atoms with van der Waals surface area (Å²) < 4.78 is 45.8. The van der Waals surface area contributed by atoms with Crippen molar-refractivity contribution in [2.45, 2.75) is 11.8 Å². The highest BCUT2D eigenvalue weighted by Crippen LogP contribution is 2.28. The van der Waals surface area contributed by atoms with Crippen LogP contribution in [0.15, 0.2) is 41.3 Å². The van der Waals surface area contributed by atoms with Crippen molar-refractivity contribution in [1.82, 2.24) is 0 Å². The van der Waals surface area contributed by atoms with Crippen LogP contribution in [0.5, 0.6) is 5.75 Å². The highest BCUT2D eigenvalue weighted by atomic mass is 32.2. The predicted molar refractivity (Wildman–Crippen MR) is 81.9 cm³/mol. The molecule has 6 nitrogen and oxygen atoms in total. The number of sulfonamides is 1. The Morgan fingerprint density at radius 1 is 1.22 bits per heavy atom. The topological polar surface area (TPSA) is 92.7 Å². The number of carboxylic acid groups (broad SMARTS) is 1. The zero-order valence-corrected chi connectivity index (χ0v) is 13.1. The Hall–Kier alpha value is -2.61. The molecule has 0 fully saturated rings. The number of carboxylic acids is 1. The maximum absolute atomic E-state index is 13.8. The average Bonchev–Trinajstić information content (AvgIpc) is 2.49. The van der Waals surface area contributed by atoms with Crippen molar-refractivity contribution in [2.24, 2.45) is 0 Å². The number of halogens is 1. The minimum Gasteiger partial charge on any atom is -0.495 e. The average molecular weight is 339 g/mol. The van der Waals surface area contributed by atoms with Crippen LogP contribution in [0.25, 0.3) is 0 Å². The van der Waals surface area contributed by atoms with Gasteiger partial charge in [0, 0.05) is 0 Å². The molecule has 2 aromatic carbocycles. The summed E-state index contributed by atoms with van der Waals surface area (Å²) in [5.74, 6) is -2.07. The molecule has 0 amide bonds. The Kier molecular flexibility index (Phi) is 4.55. The first-order valence-corrected chi connectivity index (χ1v) is 7.93. The molecular formula is C15H14FNO5S. The van der Waals surface area contributed by atoms with Crippen molar-refractivity contribution in [3.63, 3.8) is 0 Å². The van der Waals surface area contributed by atoms with Gasteiger partial charge in [-0.3, -0.25) is 4.72 Å². The van der Waals surface area contributed by atoms with Gasteiger partial charge in [0.1, 0.15) is 16.5 Å². The third kappa shape index (κ3) is 3.59. The fourth-order valence-electron chi connectivity index (χ4n) is 1.92. The van der Waals surface area contributed by atoms with Gasteiger partial charge in [0.15, 0.2) is 0 Å². The zero-order chi connectivity index (χ0) is 17.2. The van der Waals surface area contributed by atoms with Crippen molar-refractivity contribution in [3.05, 3.63) is 53.3 Å². The van der Waals surface area contributed by atoms with Gasteiger partial charge in [0.25, 0.3) is 10.0 Å². The summed E-state index contributed by atoms with van der Waals surface area (Å²) in [6, 6.07) is 7.41. The van der Waals surface area contributed by atoms with Crippen LogP contribution in [0.4, 0.5) is 10.1 Å². The number of hydrogen-bond acceptors (Lipinski definition) is 4. The quantitative estimate of drug-likeness (QED) is 0.873. The summed E-state index contributed by atoms with van der Waals surface area (Å²) in [5, 5.41) is 8.99. The Balaban J connectivity index is 2.50. The Morgan fingerprint density at radius 3 is 2.48 bits per heavy atom. The summed E-state index contributed by atoms with van der Waals surface area (Å²) in [6.45, 7) is 1.67. The summed E-state index contributed by atoms with van der Waals surface area (Å²) in [5.41, 5.74) is 0.171. The molecule has 8 heteroatoms. The maximum atomic E-state index is 13.8. The van der Waals surface area contributed by atoms with Gasteiger partial charge in [-0.05, 0) is 42.8 Å². The molecule has 0 heterocycles. The predicted octanol–water partition coefficient (Wildman–Crippen LogP) is 2.64. The molecule has 0 saturated carbocycles. The van der Waals surface area contributed by atoms with Gasteiger partial charge in [0.2, 0.25) is 0 Å². The molecule has 2 aromatic rings. The lowest BCUT2D eigenvalue weighted by atomic mass is 10.2. The van der Waals surface area contributed by atoms with E-state index in [1.54, 1.807) is 13.0 Å². The van der Waals surface area contributed by atoms with Crippen LogP contribution in [-0.2, 0) is 10.0 Å². The van der Waals surface area contributed by atoms with Crippen molar-refractivity contribution < 1.29 is 27.4 Å². The van der Waals surface area contributed by atoms with Gasteiger partial charge in [-0.1, -0.05) is 6.07 Å². The third-order valence-corrected chi connectivity index (χ3v) is 4.46. The zero-order valence-electron chi connectivity index (χ0n) is 12.3. The van der Waals surface area contributed by atoms with E-state index >= 15 is 0 Å². The minimum atomic E-state index is -4.23. The second-order valence-corrected chi connectivity index (χ2v) is 6.41. The first-order chi connectivity index (χ1) is 10.7. The van der Waals surface area contributed by atoms with Crippen LogP contribution < -0.4 is 9.46 Å². The number of rotatable bonds is 5. The molecule has 122 valence electrons. The van der Waals surface area contributed by atoms with E-state index in [0.717, 1.165) is 6.07 Å². The number of hydrogen-bond donors (Lipinski definition) is 2. The lowest BCUT2D eigenvalue weighted by Gasteiger charge is -2.13. The van der Waals surface area contributed by atoms with E-state index in [0.29, 0.717) is 5.56 Å². The largest absolute Gasteiger partial charge is 0.495 e. The number of benzene rings is 2. The first-order valence-electron chi connectivity index (χ1n) is 6.45. The van der Waals surface area contributed by atoms with Crippen LogP contribution in [0.1, 0.15) is 15.9 Å². The van der Waals surface area contributed by atoms with E-state index < -0.39 is 21.8 Å². The normalized spacial score (nSPS) is 11.1. The molecule has 23 heavy (non-hydrogen) atoms. The van der Waals surface area contributed by atoms with Gasteiger partial charge in [-0.25, -0.2) is 17.6 Å². The highest BCUT2D eigenvalue weighted by Gasteiger charge is 2.23. The van der Waals surface area contributed by atoms with E-state index in [1.807, 2.05) is 0 Å². The van der Waals surface area contributed by atoms with Crippen molar-refractivity contribution in [1.29, 1.82) is 0 Å². The van der Waals surface area contributed by atoms with Gasteiger partial charge < -0.3 is 9.84 Å². The monoisotopic (exact) mass is 339 g/mol. The molecule has 0 spiro atoms. The van der Waals surface area contributed by atoms with E-state index in [4.69, 9.17) is 9.84 Å². The number of aryl methyl sites for hydroxylation is 1. The molecule has 2 rings (SSSR count). The number of ether oxygens (including phenoxy) is 1. The van der Waals surface area contributed by atoms with Gasteiger partial charge in [-0.2, -0.15) is 0 Å². The van der Waals surface area contributed by atoms with Crippen molar-refractivity contribution in [3.8, 4) is 5.75 Å². The molecule has 0 aliphatic carbocycles. The van der Waals surface area contributed by atoms with Gasteiger partial charge in [-0.15, -0.1) is 0 Å². The maximum Gasteiger partial charge on any atom is 0.335 e. The molecule has 2 N–H and O–H groups in total. The van der Waals surface area contributed by atoms with Crippen LogP contribution in [0.2, 0.25) is 0 Å². The van der Waals surface area contributed by atoms with E-state index in [-0.39, 0.29) is 21.9 Å². The number of nitrogens with one attached hydrogen (secondary N) is 1. The fraction of sp³-hybridized carbons (Fsp3) is 0.133. The molecule has 0 unspecified atom stereocenters. The van der Waals surface area contributed by atoms with Crippen LogP contribution in [0, 0.1) is 12.7 Å². The van der Waals surface area contributed by atoms with Crippen molar-refractivity contribution in [2.75, 3.05) is 11.8 Å². The summed E-state index contributed by atoms with van der Waals surface area (Å²) in [4.78, 5) is 10.6. The number of anilines is 1. The molecule has 0 bridgehead atoms. The molecule has 0 aliphatic heterocycles. The lowest BCUT2D eigenvalue weighted by molar-refractivity contribution is 0.0696. The van der Waals surface area contributed by atoms with Crippen LogP contribution in [0.3, 0.4) is 0 Å². The lowest BCUT2D eigenvalue weighted by Crippen LogP contribution is -2.16. The molecule has 0 atom stereocenters. The SMILES string of the molecule is COc1ccc(C(=O)O)cc1S(=O)(=O)Nc1ccc(C)cc1F. The standard InChI is InChI=1S/C15H14FNO5S/c1-9-3-5-12(11(16)7-9)17-23(20,21)14-8-10(15(18)19)4-6-13(14)22-2/h3-8,17H,1-2H3,(H,18,19). The smallest absolute Gasteiger partial charge is 0.335 e. The number of aromatic carboxylic acids is 1. The minimum absolute atomic E-state index is 0.0463. The Morgan fingerprint density at radius 2 is 1.91 bits per heavy atom. The first kappa shape index (κ1) is 16.8. The molecule has 0 saturated heterocycles. The van der Waals surface area contributed by atoms with Gasteiger partial charge in [0.05, 0.1) is 18.4 Å². The van der Waals surface area contributed by atoms with Crippen LogP contribution >= 0.6 is 0 Å². The molecule has 0 aliphatic rings. The Labute approximate surface area is 132 Å². The fourth-order valence-corrected chi connectivity index (χ4v) is 3.19. The number of carbonyl (C=O) groups is 1. The summed E-state index contributed by atoms with van der Waals surface area (Å²) in [7, 11) is -2.97. The molecule has 0 radical (unpaired) electrons. The summed E-state index contributed by atoms with van der Waals surface area (Å²) in [6.07, 6.45) is 0. The molecular weight excluding hydrogens is 325 g/mol. The number of methoxy groups -OCH3 is 1. The Bertz CT molecular complexity index is 864. The van der Waals surface area contributed by atoms with E-state index in [9.17, 15) is 17.6 Å². The van der Waals surface area contributed by atoms with Gasteiger partial charge >= 0.3 is 5.97 Å². The summed E-state index contributed by atoms with van der Waals surface area (Å²) >= 11 is 0. The van der Waals surface area contributed by atoms with E-state index in [2.05, 4.69) is 4.72 Å². The van der Waals surface area contributed by atoms with E-state index in [1.165, 1.54) is 31.4 Å². The highest BCUT2D eigenvalue weighted by molar-refractivity contribution is 7.92.